The van der Waals surface area contributed by atoms with Crippen LogP contribution in [-0.2, 0) is 16.0 Å². The Morgan fingerprint density at radius 3 is 3.05 bits per heavy atom. The van der Waals surface area contributed by atoms with E-state index in [-0.39, 0.29) is 18.2 Å². The highest BCUT2D eigenvalue weighted by Gasteiger charge is 2.33. The van der Waals surface area contributed by atoms with E-state index < -0.39 is 6.04 Å². The fourth-order valence-corrected chi connectivity index (χ4v) is 2.38. The van der Waals surface area contributed by atoms with Gasteiger partial charge < -0.3 is 5.32 Å². The highest BCUT2D eigenvalue weighted by Crippen LogP contribution is 2.24. The number of fused-ring (bicyclic) bond motifs is 1. The number of hydrogen-bond donors (Lipinski definition) is 2. The van der Waals surface area contributed by atoms with Gasteiger partial charge in [-0.2, -0.15) is 10.1 Å². The molecule has 2 amide bonds. The molecule has 0 radical (unpaired) electrons. The predicted octanol–water partition coefficient (Wildman–Crippen LogP) is 1.36. The van der Waals surface area contributed by atoms with E-state index in [1.165, 1.54) is 11.0 Å². The van der Waals surface area contributed by atoms with Crippen LogP contribution in [0.3, 0.4) is 0 Å². The van der Waals surface area contributed by atoms with E-state index in [4.69, 9.17) is 0 Å². The minimum atomic E-state index is -0.642. The van der Waals surface area contributed by atoms with E-state index in [0.29, 0.717) is 5.95 Å². The number of carbonyl (C=O) groups is 2. The summed E-state index contributed by atoms with van der Waals surface area (Å²) in [4.78, 5) is 27.9. The van der Waals surface area contributed by atoms with E-state index in [1.807, 2.05) is 31.2 Å². The largest absolute Gasteiger partial charge is 0.326 e. The van der Waals surface area contributed by atoms with Gasteiger partial charge in [0.1, 0.15) is 12.4 Å². The number of aromatic nitrogens is 3. The van der Waals surface area contributed by atoms with Gasteiger partial charge in [-0.05, 0) is 18.1 Å². The molecule has 0 bridgehead atoms. The van der Waals surface area contributed by atoms with Crippen LogP contribution in [0, 0.1) is 0 Å². The summed E-state index contributed by atoms with van der Waals surface area (Å²) >= 11 is 0. The van der Waals surface area contributed by atoms with Gasteiger partial charge in [-0.25, -0.2) is 4.68 Å². The third-order valence-corrected chi connectivity index (χ3v) is 3.46. The third-order valence-electron chi connectivity index (χ3n) is 3.46. The van der Waals surface area contributed by atoms with E-state index >= 15 is 0 Å². The summed E-state index contributed by atoms with van der Waals surface area (Å²) < 4.78 is 1.44. The first-order valence-corrected chi connectivity index (χ1v) is 6.77. The second kappa shape index (κ2) is 5.35. The first-order valence-electron chi connectivity index (χ1n) is 6.77. The van der Waals surface area contributed by atoms with Crippen LogP contribution >= 0.6 is 0 Å². The highest BCUT2D eigenvalue weighted by molar-refractivity contribution is 6.01. The molecule has 2 heterocycles. The van der Waals surface area contributed by atoms with Gasteiger partial charge in [-0.3, -0.25) is 14.9 Å². The molecule has 21 heavy (non-hydrogen) atoms. The third kappa shape index (κ3) is 2.49. The molecule has 0 unspecified atom stereocenters. The molecule has 1 atom stereocenters. The fraction of sp³-hybridized carbons (Fsp3) is 0.286. The number of anilines is 2. The average molecular weight is 285 g/mol. The second-order valence-electron chi connectivity index (χ2n) is 4.80. The van der Waals surface area contributed by atoms with Gasteiger partial charge in [0.25, 0.3) is 5.91 Å². The van der Waals surface area contributed by atoms with E-state index in [2.05, 4.69) is 20.7 Å². The molecule has 1 aliphatic heterocycles. The molecule has 2 aromatic rings. The Bertz CT molecular complexity index is 694. The van der Waals surface area contributed by atoms with Crippen molar-refractivity contribution in [2.75, 3.05) is 10.6 Å². The topological polar surface area (TPSA) is 88.9 Å². The van der Waals surface area contributed by atoms with Gasteiger partial charge >= 0.3 is 0 Å². The van der Waals surface area contributed by atoms with Crippen LogP contribution in [0.25, 0.3) is 0 Å². The summed E-state index contributed by atoms with van der Waals surface area (Å²) in [5.41, 5.74) is 1.84. The monoisotopic (exact) mass is 285 g/mol. The Labute approximate surface area is 121 Å². The van der Waals surface area contributed by atoms with E-state index in [0.717, 1.165) is 17.7 Å². The summed E-state index contributed by atoms with van der Waals surface area (Å²) in [6.45, 7) is 2.02. The number of nitrogens with zero attached hydrogens (tertiary/aromatic N) is 3. The summed E-state index contributed by atoms with van der Waals surface area (Å²) in [5.74, 6) is -0.101. The van der Waals surface area contributed by atoms with Crippen LogP contribution in [-0.4, -0.2) is 26.6 Å². The number of benzene rings is 1. The van der Waals surface area contributed by atoms with Gasteiger partial charge in [0.2, 0.25) is 11.9 Å². The number of carbonyl (C=O) groups excluding carboxylic acids is 2. The van der Waals surface area contributed by atoms with Crippen molar-refractivity contribution in [3.63, 3.8) is 0 Å². The molecule has 1 aliphatic rings. The quantitative estimate of drug-likeness (QED) is 0.887. The Morgan fingerprint density at radius 1 is 1.43 bits per heavy atom. The lowest BCUT2D eigenvalue weighted by atomic mass is 10.1. The number of rotatable bonds is 4. The first-order chi connectivity index (χ1) is 10.2. The molecule has 1 aromatic heterocycles. The van der Waals surface area contributed by atoms with Gasteiger partial charge in [0, 0.05) is 5.69 Å². The van der Waals surface area contributed by atoms with Crippen LogP contribution < -0.4 is 10.6 Å². The van der Waals surface area contributed by atoms with Crippen LogP contribution in [0.2, 0.25) is 0 Å². The molecular weight excluding hydrogens is 270 g/mol. The van der Waals surface area contributed by atoms with Crippen molar-refractivity contribution in [1.29, 1.82) is 0 Å². The zero-order chi connectivity index (χ0) is 14.8. The zero-order valence-corrected chi connectivity index (χ0v) is 11.5. The summed E-state index contributed by atoms with van der Waals surface area (Å²) in [6.07, 6.45) is 2.21. The average Bonchev–Trinajstić information content (AvgIpc) is 3.03. The molecule has 0 aliphatic carbocycles. The summed E-state index contributed by atoms with van der Waals surface area (Å²) in [5, 5.41) is 9.41. The maximum absolute atomic E-state index is 12.2. The standard InChI is InChI=1S/C14H15N5O2/c1-2-9-5-3-4-6-10(9)17-12(20)7-11-13(21)18-14-15-8-16-19(11)14/h3-6,8,11H,2,7H2,1H3,(H,17,20)(H,15,16,18,21)/t11-/m0/s1. The number of aryl methyl sites for hydroxylation is 1. The van der Waals surface area contributed by atoms with E-state index in [1.54, 1.807) is 0 Å². The molecule has 7 nitrogen and oxygen atoms in total. The van der Waals surface area contributed by atoms with E-state index in [9.17, 15) is 9.59 Å². The number of amides is 2. The lowest BCUT2D eigenvalue weighted by molar-refractivity contribution is -0.123. The predicted molar refractivity (Wildman–Crippen MR) is 76.8 cm³/mol. The molecule has 0 spiro atoms. The van der Waals surface area contributed by atoms with Crippen molar-refractivity contribution >= 4 is 23.5 Å². The number of para-hydroxylation sites is 1. The lowest BCUT2D eigenvalue weighted by Gasteiger charge is -2.12. The molecule has 2 N–H and O–H groups in total. The van der Waals surface area contributed by atoms with Crippen molar-refractivity contribution in [2.24, 2.45) is 0 Å². The molecule has 108 valence electrons. The highest BCUT2D eigenvalue weighted by atomic mass is 16.2. The molecule has 1 aromatic carbocycles. The van der Waals surface area contributed by atoms with Crippen LogP contribution in [0.4, 0.5) is 11.6 Å². The minimum Gasteiger partial charge on any atom is -0.326 e. The van der Waals surface area contributed by atoms with Crippen molar-refractivity contribution in [3.8, 4) is 0 Å². The summed E-state index contributed by atoms with van der Waals surface area (Å²) in [7, 11) is 0. The molecule has 0 saturated carbocycles. The van der Waals surface area contributed by atoms with Crippen LogP contribution in [0.5, 0.6) is 0 Å². The lowest BCUT2D eigenvalue weighted by Crippen LogP contribution is -2.23. The van der Waals surface area contributed by atoms with Gasteiger partial charge in [-0.15, -0.1) is 0 Å². The molecule has 7 heteroatoms. The molecule has 0 saturated heterocycles. The van der Waals surface area contributed by atoms with Crippen molar-refractivity contribution in [3.05, 3.63) is 36.2 Å². The van der Waals surface area contributed by atoms with Crippen molar-refractivity contribution < 1.29 is 9.59 Å². The van der Waals surface area contributed by atoms with Crippen molar-refractivity contribution in [1.82, 2.24) is 14.8 Å². The first kappa shape index (κ1) is 13.3. The Morgan fingerprint density at radius 2 is 2.24 bits per heavy atom. The Hall–Kier alpha value is -2.70. The summed E-state index contributed by atoms with van der Waals surface area (Å²) in [6, 6.07) is 6.98. The normalized spacial score (nSPS) is 16.4. The number of nitrogens with one attached hydrogen (secondary N) is 2. The maximum atomic E-state index is 12.2. The smallest absolute Gasteiger partial charge is 0.252 e. The molecular formula is C14H15N5O2. The van der Waals surface area contributed by atoms with Gasteiger partial charge in [0.05, 0.1) is 6.42 Å². The fourth-order valence-electron chi connectivity index (χ4n) is 2.38. The van der Waals surface area contributed by atoms with Gasteiger partial charge in [0.15, 0.2) is 0 Å². The Balaban J connectivity index is 1.71. The van der Waals surface area contributed by atoms with Crippen LogP contribution in [0.15, 0.2) is 30.6 Å². The molecule has 0 fully saturated rings. The minimum absolute atomic E-state index is 0.0280. The Kier molecular flexibility index (Phi) is 3.39. The van der Waals surface area contributed by atoms with Crippen molar-refractivity contribution in [2.45, 2.75) is 25.8 Å². The maximum Gasteiger partial charge on any atom is 0.252 e. The molecule has 3 rings (SSSR count). The van der Waals surface area contributed by atoms with Crippen LogP contribution in [0.1, 0.15) is 24.9 Å². The zero-order valence-electron chi connectivity index (χ0n) is 11.5. The van der Waals surface area contributed by atoms with Gasteiger partial charge in [-0.1, -0.05) is 25.1 Å². The number of hydrogen-bond acceptors (Lipinski definition) is 4. The SMILES string of the molecule is CCc1ccccc1NC(=O)C[C@H]1C(=O)Nc2ncnn21. The second-order valence-corrected chi connectivity index (χ2v) is 4.80.